The minimum atomic E-state index is -0.504. The van der Waals surface area contributed by atoms with Crippen LogP contribution in [0.25, 0.3) is 0 Å². The molecule has 0 bridgehead atoms. The van der Waals surface area contributed by atoms with Crippen molar-refractivity contribution < 1.29 is 18.8 Å². The van der Waals surface area contributed by atoms with Gasteiger partial charge in [-0.05, 0) is 43.3 Å². The van der Waals surface area contributed by atoms with Gasteiger partial charge in [-0.2, -0.15) is 0 Å². The van der Waals surface area contributed by atoms with Gasteiger partial charge in [0.2, 0.25) is 5.91 Å². The summed E-state index contributed by atoms with van der Waals surface area (Å²) in [7, 11) is 0. The number of amides is 1. The van der Waals surface area contributed by atoms with Gasteiger partial charge in [0.05, 0.1) is 10.7 Å². The summed E-state index contributed by atoms with van der Waals surface area (Å²) in [6, 6.07) is 11.3. The number of carbonyl (C=O) groups excluding carboxylic acids is 1. The Hall–Kier alpha value is -3.47. The van der Waals surface area contributed by atoms with Gasteiger partial charge in [0.25, 0.3) is 5.69 Å². The van der Waals surface area contributed by atoms with E-state index in [-0.39, 0.29) is 29.8 Å². The van der Waals surface area contributed by atoms with Crippen molar-refractivity contribution in [2.24, 2.45) is 0 Å². The zero-order valence-electron chi connectivity index (χ0n) is 15.9. The Bertz CT molecular complexity index is 1020. The van der Waals surface area contributed by atoms with E-state index < -0.39 is 4.92 Å². The first-order valence-corrected chi connectivity index (χ1v) is 9.92. The number of aromatic nitrogens is 3. The quantitative estimate of drug-likeness (QED) is 0.313. The highest BCUT2D eigenvalue weighted by molar-refractivity contribution is 7.99. The average Bonchev–Trinajstić information content (AvgIpc) is 3.14. The summed E-state index contributed by atoms with van der Waals surface area (Å²) < 4.78 is 20.4. The number of rotatable bonds is 9. The van der Waals surface area contributed by atoms with Crippen molar-refractivity contribution in [1.29, 1.82) is 0 Å². The van der Waals surface area contributed by atoms with E-state index in [1.165, 1.54) is 60.3 Å². The van der Waals surface area contributed by atoms with Gasteiger partial charge >= 0.3 is 0 Å². The molecule has 0 fully saturated rings. The zero-order chi connectivity index (χ0) is 21.5. The lowest BCUT2D eigenvalue weighted by Gasteiger charge is -2.09. The van der Waals surface area contributed by atoms with E-state index in [0.29, 0.717) is 29.0 Å². The number of ether oxygens (including phenoxy) is 1. The van der Waals surface area contributed by atoms with Crippen LogP contribution in [0.1, 0.15) is 12.7 Å². The van der Waals surface area contributed by atoms with E-state index in [4.69, 9.17) is 4.74 Å². The fourth-order valence-electron chi connectivity index (χ4n) is 2.52. The number of nitro benzene ring substituents is 1. The third-order valence-corrected chi connectivity index (χ3v) is 4.95. The Kier molecular flexibility index (Phi) is 6.96. The van der Waals surface area contributed by atoms with Crippen molar-refractivity contribution in [3.05, 3.63) is 70.3 Å². The molecule has 0 saturated heterocycles. The molecule has 156 valence electrons. The number of hydrogen-bond donors (Lipinski definition) is 1. The molecule has 3 rings (SSSR count). The van der Waals surface area contributed by atoms with Gasteiger partial charge in [-0.1, -0.05) is 11.8 Å². The lowest BCUT2D eigenvalue weighted by atomic mass is 10.3. The largest absolute Gasteiger partial charge is 0.486 e. The summed E-state index contributed by atoms with van der Waals surface area (Å²) in [4.78, 5) is 22.3. The van der Waals surface area contributed by atoms with Gasteiger partial charge in [-0.15, -0.1) is 10.2 Å². The molecule has 0 radical (unpaired) electrons. The fraction of sp³-hybridized carbons (Fsp3) is 0.211. The first kappa shape index (κ1) is 21.2. The van der Waals surface area contributed by atoms with Crippen LogP contribution in [0, 0.1) is 15.9 Å². The standard InChI is InChI=1S/C19H18FN5O4S/c1-2-24-17(11-29-16-9-3-13(20)4-10-16)22-23-19(24)30-12-18(26)21-14-5-7-15(8-6-14)25(27)28/h3-10H,2,11-12H2,1H3,(H,21,26). The number of nitro groups is 1. The molecule has 0 unspecified atom stereocenters. The molecule has 1 amide bonds. The molecule has 3 aromatic rings. The van der Waals surface area contributed by atoms with E-state index >= 15 is 0 Å². The number of thioether (sulfide) groups is 1. The van der Waals surface area contributed by atoms with E-state index in [2.05, 4.69) is 15.5 Å². The smallest absolute Gasteiger partial charge is 0.269 e. The number of nitrogens with one attached hydrogen (secondary N) is 1. The summed E-state index contributed by atoms with van der Waals surface area (Å²) >= 11 is 1.22. The van der Waals surface area contributed by atoms with Gasteiger partial charge in [0, 0.05) is 24.4 Å². The molecular formula is C19H18FN5O4S. The van der Waals surface area contributed by atoms with Crippen molar-refractivity contribution in [3.8, 4) is 5.75 Å². The first-order valence-electron chi connectivity index (χ1n) is 8.94. The summed E-state index contributed by atoms with van der Waals surface area (Å²) in [5, 5.41) is 22.1. The molecule has 11 heteroatoms. The van der Waals surface area contributed by atoms with E-state index in [1.807, 2.05) is 11.5 Å². The lowest BCUT2D eigenvalue weighted by molar-refractivity contribution is -0.384. The monoisotopic (exact) mass is 431 g/mol. The second-order valence-corrected chi connectivity index (χ2v) is 6.97. The fourth-order valence-corrected chi connectivity index (χ4v) is 3.34. The van der Waals surface area contributed by atoms with Crippen LogP contribution in [-0.2, 0) is 17.9 Å². The van der Waals surface area contributed by atoms with Crippen LogP contribution in [0.3, 0.4) is 0 Å². The summed E-state index contributed by atoms with van der Waals surface area (Å²) in [6.45, 7) is 2.66. The third-order valence-electron chi connectivity index (χ3n) is 3.99. The molecule has 1 aromatic heterocycles. The SMILES string of the molecule is CCn1c(COc2ccc(F)cc2)nnc1SCC(=O)Nc1ccc([N+](=O)[O-])cc1. The van der Waals surface area contributed by atoms with Gasteiger partial charge in [0.1, 0.15) is 18.2 Å². The first-order chi connectivity index (χ1) is 14.5. The maximum Gasteiger partial charge on any atom is 0.269 e. The number of non-ortho nitro benzene ring substituents is 1. The van der Waals surface area contributed by atoms with Crippen LogP contribution in [0.15, 0.2) is 53.7 Å². The maximum atomic E-state index is 13.0. The third kappa shape index (κ3) is 5.54. The summed E-state index contributed by atoms with van der Waals surface area (Å²) in [5.41, 5.74) is 0.422. The highest BCUT2D eigenvalue weighted by atomic mass is 32.2. The van der Waals surface area contributed by atoms with Gasteiger partial charge in [-0.25, -0.2) is 4.39 Å². The molecular weight excluding hydrogens is 413 g/mol. The van der Waals surface area contributed by atoms with Crippen molar-refractivity contribution >= 4 is 29.0 Å². The molecule has 1 N–H and O–H groups in total. The summed E-state index contributed by atoms with van der Waals surface area (Å²) in [6.07, 6.45) is 0. The van der Waals surface area contributed by atoms with Crippen LogP contribution in [0.4, 0.5) is 15.8 Å². The molecule has 0 aliphatic carbocycles. The normalized spacial score (nSPS) is 10.6. The molecule has 0 spiro atoms. The summed E-state index contributed by atoms with van der Waals surface area (Å²) in [5.74, 6) is 0.570. The number of carbonyl (C=O) groups is 1. The van der Waals surface area contributed by atoms with Crippen LogP contribution in [-0.4, -0.2) is 31.3 Å². The number of benzene rings is 2. The van der Waals surface area contributed by atoms with Crippen molar-refractivity contribution in [2.75, 3.05) is 11.1 Å². The predicted octanol–water partition coefficient (Wildman–Crippen LogP) is 3.66. The Morgan fingerprint density at radius 2 is 1.90 bits per heavy atom. The average molecular weight is 431 g/mol. The lowest BCUT2D eigenvalue weighted by Crippen LogP contribution is -2.15. The molecule has 0 aliphatic rings. The molecule has 9 nitrogen and oxygen atoms in total. The highest BCUT2D eigenvalue weighted by Gasteiger charge is 2.14. The van der Waals surface area contributed by atoms with Crippen LogP contribution < -0.4 is 10.1 Å². The second-order valence-electron chi connectivity index (χ2n) is 6.03. The van der Waals surface area contributed by atoms with Crippen LogP contribution >= 0.6 is 11.8 Å². The molecule has 0 aliphatic heterocycles. The molecule has 2 aromatic carbocycles. The van der Waals surface area contributed by atoms with Gasteiger partial charge in [0.15, 0.2) is 11.0 Å². The Morgan fingerprint density at radius 1 is 1.20 bits per heavy atom. The minimum absolute atomic E-state index is 0.0474. The van der Waals surface area contributed by atoms with E-state index in [0.717, 1.165) is 0 Å². The van der Waals surface area contributed by atoms with Gasteiger partial charge in [-0.3, -0.25) is 14.9 Å². The number of halogens is 1. The molecule has 30 heavy (non-hydrogen) atoms. The van der Waals surface area contributed by atoms with Crippen LogP contribution in [0.5, 0.6) is 5.75 Å². The maximum absolute atomic E-state index is 13.0. The van der Waals surface area contributed by atoms with Crippen molar-refractivity contribution in [2.45, 2.75) is 25.2 Å². The topological polar surface area (TPSA) is 112 Å². The zero-order valence-corrected chi connectivity index (χ0v) is 16.8. The second kappa shape index (κ2) is 9.83. The Balaban J connectivity index is 1.55. The minimum Gasteiger partial charge on any atom is -0.486 e. The Labute approximate surface area is 175 Å². The van der Waals surface area contributed by atoms with Crippen molar-refractivity contribution in [1.82, 2.24) is 14.8 Å². The van der Waals surface area contributed by atoms with E-state index in [1.54, 1.807) is 0 Å². The molecule has 1 heterocycles. The molecule has 0 saturated carbocycles. The Morgan fingerprint density at radius 3 is 2.53 bits per heavy atom. The van der Waals surface area contributed by atoms with Gasteiger partial charge < -0.3 is 14.6 Å². The number of nitrogens with zero attached hydrogens (tertiary/aromatic N) is 4. The van der Waals surface area contributed by atoms with Crippen molar-refractivity contribution in [3.63, 3.8) is 0 Å². The highest BCUT2D eigenvalue weighted by Crippen LogP contribution is 2.20. The molecule has 0 atom stereocenters. The number of hydrogen-bond acceptors (Lipinski definition) is 7. The number of anilines is 1. The van der Waals surface area contributed by atoms with E-state index in [9.17, 15) is 19.3 Å². The van der Waals surface area contributed by atoms with Crippen LogP contribution in [0.2, 0.25) is 0 Å². The predicted molar refractivity (Wildman–Crippen MR) is 109 cm³/mol.